The van der Waals surface area contributed by atoms with Gasteiger partial charge in [-0.15, -0.1) is 11.3 Å². The van der Waals surface area contributed by atoms with Gasteiger partial charge in [0.1, 0.15) is 16.6 Å². The first-order valence-electron chi connectivity index (χ1n) is 8.67. The second-order valence-electron chi connectivity index (χ2n) is 6.30. The maximum absolute atomic E-state index is 9.57. The van der Waals surface area contributed by atoms with Crippen LogP contribution < -0.4 is 14.8 Å². The molecule has 0 bridgehead atoms. The molecule has 1 N–H and O–H groups in total. The molecule has 0 fully saturated rings. The lowest BCUT2D eigenvalue weighted by Crippen LogP contribution is -1.93. The average molecular weight is 391 g/mol. The van der Waals surface area contributed by atoms with E-state index in [0.717, 1.165) is 16.9 Å². The van der Waals surface area contributed by atoms with Crippen LogP contribution >= 0.6 is 11.3 Å². The Morgan fingerprint density at radius 3 is 2.43 bits per heavy atom. The number of aryl methyl sites for hydroxylation is 2. The molecule has 2 aromatic carbocycles. The fourth-order valence-corrected chi connectivity index (χ4v) is 3.68. The van der Waals surface area contributed by atoms with E-state index < -0.39 is 0 Å². The molecule has 1 aromatic heterocycles. The Kier molecular flexibility index (Phi) is 5.97. The molecule has 0 amide bonds. The van der Waals surface area contributed by atoms with Gasteiger partial charge in [-0.05, 0) is 55.3 Å². The van der Waals surface area contributed by atoms with Crippen LogP contribution in [0.25, 0.3) is 16.8 Å². The Labute approximate surface area is 168 Å². The molecule has 3 aromatic rings. The zero-order valence-corrected chi connectivity index (χ0v) is 17.1. The number of aromatic nitrogens is 1. The van der Waals surface area contributed by atoms with Crippen molar-refractivity contribution in [2.75, 3.05) is 19.5 Å². The van der Waals surface area contributed by atoms with Gasteiger partial charge in [0, 0.05) is 22.8 Å². The minimum absolute atomic E-state index is 0.482. The highest BCUT2D eigenvalue weighted by molar-refractivity contribution is 7.11. The van der Waals surface area contributed by atoms with E-state index in [4.69, 9.17) is 9.47 Å². The molecule has 0 radical (unpaired) electrons. The Balaban J connectivity index is 1.86. The van der Waals surface area contributed by atoms with Crippen LogP contribution in [-0.2, 0) is 0 Å². The normalized spacial score (nSPS) is 11.0. The predicted octanol–water partition coefficient (Wildman–Crippen LogP) is 5.42. The lowest BCUT2D eigenvalue weighted by Gasteiger charge is -2.08. The van der Waals surface area contributed by atoms with E-state index >= 15 is 0 Å². The number of anilines is 1. The van der Waals surface area contributed by atoms with E-state index in [1.54, 1.807) is 20.4 Å². The highest BCUT2D eigenvalue weighted by atomic mass is 32.1. The SMILES string of the molecule is COc1ccc(-c2csc(/C(C#N)=C\Nc3cc(C)cc(C)c3)n2)cc1OC. The number of nitrogens with one attached hydrogen (secondary N) is 1. The van der Waals surface area contributed by atoms with Crippen LogP contribution in [0, 0.1) is 25.2 Å². The molecule has 0 aliphatic heterocycles. The summed E-state index contributed by atoms with van der Waals surface area (Å²) in [5.74, 6) is 1.30. The number of benzene rings is 2. The van der Waals surface area contributed by atoms with Gasteiger partial charge in [-0.3, -0.25) is 0 Å². The highest BCUT2D eigenvalue weighted by Crippen LogP contribution is 2.33. The smallest absolute Gasteiger partial charge is 0.161 e. The zero-order chi connectivity index (χ0) is 20.1. The summed E-state index contributed by atoms with van der Waals surface area (Å²) in [4.78, 5) is 4.62. The number of allylic oxidation sites excluding steroid dienone is 1. The van der Waals surface area contributed by atoms with Crippen LogP contribution in [0.1, 0.15) is 16.1 Å². The fourth-order valence-electron chi connectivity index (χ4n) is 2.88. The molecule has 0 atom stereocenters. The largest absolute Gasteiger partial charge is 0.493 e. The van der Waals surface area contributed by atoms with Gasteiger partial charge in [0.2, 0.25) is 0 Å². The third kappa shape index (κ3) is 4.33. The first kappa shape index (κ1) is 19.5. The quantitative estimate of drug-likeness (QED) is 0.568. The van der Waals surface area contributed by atoms with Gasteiger partial charge in [-0.2, -0.15) is 5.26 Å². The minimum Gasteiger partial charge on any atom is -0.493 e. The molecule has 0 unspecified atom stereocenters. The number of thiazole rings is 1. The van der Waals surface area contributed by atoms with Crippen LogP contribution in [0.15, 0.2) is 48.0 Å². The number of hydrogen-bond donors (Lipinski definition) is 1. The monoisotopic (exact) mass is 391 g/mol. The number of hydrogen-bond acceptors (Lipinski definition) is 6. The number of rotatable bonds is 6. The van der Waals surface area contributed by atoms with Gasteiger partial charge in [-0.1, -0.05) is 6.07 Å². The lowest BCUT2D eigenvalue weighted by molar-refractivity contribution is 0.355. The van der Waals surface area contributed by atoms with Crippen molar-refractivity contribution in [1.82, 2.24) is 4.98 Å². The van der Waals surface area contributed by atoms with Crippen molar-refractivity contribution in [3.05, 3.63) is 64.1 Å². The summed E-state index contributed by atoms with van der Waals surface area (Å²) >= 11 is 1.43. The number of nitrogens with zero attached hydrogens (tertiary/aromatic N) is 2. The van der Waals surface area contributed by atoms with Crippen molar-refractivity contribution in [1.29, 1.82) is 5.26 Å². The van der Waals surface area contributed by atoms with E-state index in [-0.39, 0.29) is 0 Å². The molecular weight excluding hydrogens is 370 g/mol. The fraction of sp³-hybridized carbons (Fsp3) is 0.182. The van der Waals surface area contributed by atoms with Crippen LogP contribution in [0.4, 0.5) is 5.69 Å². The van der Waals surface area contributed by atoms with Crippen molar-refractivity contribution in [3.8, 4) is 28.8 Å². The minimum atomic E-state index is 0.482. The van der Waals surface area contributed by atoms with Crippen LogP contribution in [0.5, 0.6) is 11.5 Å². The molecule has 0 aliphatic rings. The van der Waals surface area contributed by atoms with Gasteiger partial charge in [0.25, 0.3) is 0 Å². The number of methoxy groups -OCH3 is 2. The second-order valence-corrected chi connectivity index (χ2v) is 7.16. The highest BCUT2D eigenvalue weighted by Gasteiger charge is 2.12. The topological polar surface area (TPSA) is 67.2 Å². The molecule has 1 heterocycles. The van der Waals surface area contributed by atoms with Gasteiger partial charge >= 0.3 is 0 Å². The lowest BCUT2D eigenvalue weighted by atomic mass is 10.1. The Hall–Kier alpha value is -3.30. The summed E-state index contributed by atoms with van der Waals surface area (Å²) in [5.41, 5.74) is 5.45. The van der Waals surface area contributed by atoms with Crippen LogP contribution in [0.2, 0.25) is 0 Å². The first-order chi connectivity index (χ1) is 13.5. The maximum Gasteiger partial charge on any atom is 0.161 e. The molecule has 6 heteroatoms. The van der Waals surface area contributed by atoms with E-state index in [1.807, 2.05) is 49.6 Å². The zero-order valence-electron chi connectivity index (χ0n) is 16.2. The molecule has 0 saturated carbocycles. The molecule has 0 aliphatic carbocycles. The third-order valence-electron chi connectivity index (χ3n) is 4.14. The van der Waals surface area contributed by atoms with Crippen molar-refractivity contribution >= 4 is 22.6 Å². The van der Waals surface area contributed by atoms with Crippen molar-refractivity contribution in [2.45, 2.75) is 13.8 Å². The summed E-state index contributed by atoms with van der Waals surface area (Å²) in [6.45, 7) is 4.09. The first-order valence-corrected chi connectivity index (χ1v) is 9.55. The summed E-state index contributed by atoms with van der Waals surface area (Å²) < 4.78 is 10.6. The second kappa shape index (κ2) is 8.59. The van der Waals surface area contributed by atoms with Crippen LogP contribution in [-0.4, -0.2) is 19.2 Å². The molecule has 3 rings (SSSR count). The van der Waals surface area contributed by atoms with Crippen LogP contribution in [0.3, 0.4) is 0 Å². The van der Waals surface area contributed by atoms with E-state index in [1.165, 1.54) is 22.5 Å². The molecule has 28 heavy (non-hydrogen) atoms. The molecule has 142 valence electrons. The summed E-state index contributed by atoms with van der Waals surface area (Å²) in [6, 6.07) is 14.0. The van der Waals surface area contributed by atoms with Gasteiger partial charge in [0.05, 0.1) is 19.9 Å². The Morgan fingerprint density at radius 1 is 1.07 bits per heavy atom. The summed E-state index contributed by atoms with van der Waals surface area (Å²) in [6.07, 6.45) is 1.70. The predicted molar refractivity (Wildman–Crippen MR) is 114 cm³/mol. The Morgan fingerprint density at radius 2 is 1.79 bits per heavy atom. The van der Waals surface area contributed by atoms with Gasteiger partial charge in [-0.25, -0.2) is 4.98 Å². The van der Waals surface area contributed by atoms with Crippen molar-refractivity contribution < 1.29 is 9.47 Å². The van der Waals surface area contributed by atoms with E-state index in [0.29, 0.717) is 22.1 Å². The Bertz CT molecular complexity index is 1040. The summed E-state index contributed by atoms with van der Waals surface area (Å²) in [5, 5.41) is 15.4. The van der Waals surface area contributed by atoms with E-state index in [9.17, 15) is 5.26 Å². The van der Waals surface area contributed by atoms with Gasteiger partial charge < -0.3 is 14.8 Å². The van der Waals surface area contributed by atoms with E-state index in [2.05, 4.69) is 22.4 Å². The van der Waals surface area contributed by atoms with Crippen molar-refractivity contribution in [3.63, 3.8) is 0 Å². The molecule has 0 saturated heterocycles. The molecule has 5 nitrogen and oxygen atoms in total. The summed E-state index contributed by atoms with van der Waals surface area (Å²) in [7, 11) is 3.20. The van der Waals surface area contributed by atoms with Gasteiger partial charge in [0.15, 0.2) is 11.5 Å². The number of ether oxygens (including phenoxy) is 2. The maximum atomic E-state index is 9.57. The molecule has 0 spiro atoms. The van der Waals surface area contributed by atoms with Crippen molar-refractivity contribution in [2.24, 2.45) is 0 Å². The average Bonchev–Trinajstić information content (AvgIpc) is 3.17. The standard InChI is InChI=1S/C22H21N3O2S/c1-14-7-15(2)9-18(8-14)24-12-17(11-23)22-25-19(13-28-22)16-5-6-20(26-3)21(10-16)27-4/h5-10,12-13,24H,1-4H3/b17-12-. The third-order valence-corrected chi connectivity index (χ3v) is 5.01. The number of nitriles is 1. The molecular formula is C22H21N3O2S.